The van der Waals surface area contributed by atoms with Crippen LogP contribution >= 0.6 is 15.9 Å². The van der Waals surface area contributed by atoms with Gasteiger partial charge in [0.05, 0.1) is 0 Å². The van der Waals surface area contributed by atoms with Gasteiger partial charge in [-0.25, -0.2) is 0 Å². The highest BCUT2D eigenvalue weighted by molar-refractivity contribution is 9.10. The van der Waals surface area contributed by atoms with Crippen molar-refractivity contribution >= 4 is 15.9 Å². The van der Waals surface area contributed by atoms with Crippen molar-refractivity contribution in [2.75, 3.05) is 19.8 Å². The molecule has 0 aliphatic heterocycles. The van der Waals surface area contributed by atoms with Gasteiger partial charge >= 0.3 is 0 Å². The first-order chi connectivity index (χ1) is 9.31. The Balaban J connectivity index is 1.66. The number of hydrogen-bond acceptors (Lipinski definition) is 2. The number of nitrogens with one attached hydrogen (secondary N) is 1. The van der Waals surface area contributed by atoms with E-state index in [0.717, 1.165) is 26.2 Å². The van der Waals surface area contributed by atoms with Crippen LogP contribution in [0.3, 0.4) is 0 Å². The second-order valence-electron chi connectivity index (χ2n) is 5.21. The lowest BCUT2D eigenvalue weighted by Gasteiger charge is -2.14. The minimum Gasteiger partial charge on any atom is -0.381 e. The summed E-state index contributed by atoms with van der Waals surface area (Å²) in [6, 6.07) is 7.19. The molecule has 0 aromatic heterocycles. The largest absolute Gasteiger partial charge is 0.381 e. The Morgan fingerprint density at radius 1 is 1.32 bits per heavy atom. The third-order valence-corrected chi connectivity index (χ3v) is 4.17. The smallest absolute Gasteiger partial charge is 0.0478 e. The summed E-state index contributed by atoms with van der Waals surface area (Å²) >= 11 is 3.54. The molecule has 3 heteroatoms. The summed E-state index contributed by atoms with van der Waals surface area (Å²) in [5.41, 5.74) is 2.97. The first kappa shape index (κ1) is 15.0. The van der Waals surface area contributed by atoms with E-state index in [2.05, 4.69) is 46.4 Å². The highest BCUT2D eigenvalue weighted by Gasteiger charge is 2.21. The van der Waals surface area contributed by atoms with Crippen molar-refractivity contribution in [1.82, 2.24) is 5.32 Å². The number of ether oxygens (including phenoxy) is 1. The van der Waals surface area contributed by atoms with Gasteiger partial charge in [0.2, 0.25) is 0 Å². The molecule has 1 atom stereocenters. The summed E-state index contributed by atoms with van der Waals surface area (Å²) in [6.45, 7) is 5.04. The van der Waals surface area contributed by atoms with Crippen LogP contribution in [0.4, 0.5) is 0 Å². The maximum absolute atomic E-state index is 5.58. The van der Waals surface area contributed by atoms with Crippen molar-refractivity contribution in [2.45, 2.75) is 45.1 Å². The van der Waals surface area contributed by atoms with Crippen molar-refractivity contribution in [2.24, 2.45) is 0 Å². The van der Waals surface area contributed by atoms with Crippen molar-refractivity contribution < 1.29 is 4.74 Å². The van der Waals surface area contributed by atoms with Crippen LogP contribution in [0.2, 0.25) is 0 Å². The fourth-order valence-corrected chi connectivity index (χ4v) is 3.01. The van der Waals surface area contributed by atoms with E-state index >= 15 is 0 Å². The van der Waals surface area contributed by atoms with Crippen LogP contribution < -0.4 is 5.32 Å². The molecule has 0 heterocycles. The Kier molecular flexibility index (Phi) is 6.35. The predicted octanol–water partition coefficient (Wildman–Crippen LogP) is 4.23. The summed E-state index contributed by atoms with van der Waals surface area (Å²) in [5, 5.41) is 3.65. The second-order valence-corrected chi connectivity index (χ2v) is 6.12. The fraction of sp³-hybridized carbons (Fsp3) is 0.625. The normalized spacial score (nSPS) is 17.7. The molecule has 0 fully saturated rings. The topological polar surface area (TPSA) is 21.3 Å². The van der Waals surface area contributed by atoms with Gasteiger partial charge in [0, 0.05) is 23.7 Å². The van der Waals surface area contributed by atoms with Gasteiger partial charge in [0.25, 0.3) is 0 Å². The molecular weight excluding hydrogens is 302 g/mol. The number of fused-ring (bicyclic) bond motifs is 1. The number of benzene rings is 1. The van der Waals surface area contributed by atoms with E-state index in [1.807, 2.05) is 0 Å². The van der Waals surface area contributed by atoms with E-state index in [4.69, 9.17) is 4.74 Å². The zero-order valence-corrected chi connectivity index (χ0v) is 13.3. The maximum Gasteiger partial charge on any atom is 0.0478 e. The standard InChI is InChI=1S/C16H24BrNO/c1-2-3-10-19-11-4-9-18-16-8-5-13-12-14(17)6-7-15(13)16/h6-7,12,16,18H,2-5,8-11H2,1H3. The molecule has 0 saturated heterocycles. The summed E-state index contributed by atoms with van der Waals surface area (Å²) in [4.78, 5) is 0. The monoisotopic (exact) mass is 325 g/mol. The van der Waals surface area contributed by atoms with Gasteiger partial charge in [0.1, 0.15) is 0 Å². The number of hydrogen-bond donors (Lipinski definition) is 1. The van der Waals surface area contributed by atoms with Crippen LogP contribution in [-0.4, -0.2) is 19.8 Å². The zero-order valence-electron chi connectivity index (χ0n) is 11.8. The molecule has 0 spiro atoms. The van der Waals surface area contributed by atoms with E-state index in [9.17, 15) is 0 Å². The molecule has 0 bridgehead atoms. The molecule has 2 nitrogen and oxygen atoms in total. The molecule has 106 valence electrons. The van der Waals surface area contributed by atoms with Crippen LogP contribution in [-0.2, 0) is 11.2 Å². The molecule has 19 heavy (non-hydrogen) atoms. The Morgan fingerprint density at radius 3 is 3.00 bits per heavy atom. The molecule has 1 N–H and O–H groups in total. The minimum atomic E-state index is 0.541. The second kappa shape index (κ2) is 8.03. The summed E-state index contributed by atoms with van der Waals surface area (Å²) < 4.78 is 6.77. The average Bonchev–Trinajstić information content (AvgIpc) is 2.80. The molecule has 0 radical (unpaired) electrons. The highest BCUT2D eigenvalue weighted by atomic mass is 79.9. The van der Waals surface area contributed by atoms with E-state index in [1.54, 1.807) is 0 Å². The van der Waals surface area contributed by atoms with Gasteiger partial charge in [-0.15, -0.1) is 0 Å². The van der Waals surface area contributed by atoms with Crippen LogP contribution in [0, 0.1) is 0 Å². The number of rotatable bonds is 8. The van der Waals surface area contributed by atoms with E-state index in [0.29, 0.717) is 6.04 Å². The van der Waals surface area contributed by atoms with Crippen molar-refractivity contribution in [3.63, 3.8) is 0 Å². The SMILES string of the molecule is CCCCOCCCNC1CCc2cc(Br)ccc21. The third-order valence-electron chi connectivity index (χ3n) is 3.68. The molecule has 0 saturated carbocycles. The zero-order chi connectivity index (χ0) is 13.5. The average molecular weight is 326 g/mol. The van der Waals surface area contributed by atoms with Gasteiger partial charge in [-0.2, -0.15) is 0 Å². The van der Waals surface area contributed by atoms with Gasteiger partial charge < -0.3 is 10.1 Å². The number of unbranched alkanes of at least 4 members (excludes halogenated alkanes) is 1. The van der Waals surface area contributed by atoms with E-state index in [1.165, 1.54) is 41.3 Å². The summed E-state index contributed by atoms with van der Waals surface area (Å²) in [5.74, 6) is 0. The minimum absolute atomic E-state index is 0.541. The molecule has 1 aromatic carbocycles. The molecule has 2 rings (SSSR count). The van der Waals surface area contributed by atoms with Crippen LogP contribution in [0.5, 0.6) is 0 Å². The van der Waals surface area contributed by atoms with Gasteiger partial charge in [-0.1, -0.05) is 35.3 Å². The highest BCUT2D eigenvalue weighted by Crippen LogP contribution is 2.32. The van der Waals surface area contributed by atoms with Gasteiger partial charge in [-0.3, -0.25) is 0 Å². The molecular formula is C16H24BrNO. The van der Waals surface area contributed by atoms with Crippen LogP contribution in [0.1, 0.15) is 49.8 Å². The van der Waals surface area contributed by atoms with Crippen LogP contribution in [0.15, 0.2) is 22.7 Å². The summed E-state index contributed by atoms with van der Waals surface area (Å²) in [6.07, 6.45) is 5.92. The lowest BCUT2D eigenvalue weighted by atomic mass is 10.1. The lowest BCUT2D eigenvalue weighted by molar-refractivity contribution is 0.128. The van der Waals surface area contributed by atoms with E-state index in [-0.39, 0.29) is 0 Å². The van der Waals surface area contributed by atoms with E-state index < -0.39 is 0 Å². The molecule has 0 amide bonds. The molecule has 1 aliphatic rings. The number of aryl methyl sites for hydroxylation is 1. The van der Waals surface area contributed by atoms with Gasteiger partial charge in [0.15, 0.2) is 0 Å². The fourth-order valence-electron chi connectivity index (χ4n) is 2.60. The number of halogens is 1. The quantitative estimate of drug-likeness (QED) is 0.722. The Morgan fingerprint density at radius 2 is 2.16 bits per heavy atom. The Labute approximate surface area is 125 Å². The Bertz CT molecular complexity index is 394. The molecule has 1 aromatic rings. The lowest BCUT2D eigenvalue weighted by Crippen LogP contribution is -2.21. The van der Waals surface area contributed by atoms with Crippen molar-refractivity contribution in [3.8, 4) is 0 Å². The first-order valence-electron chi connectivity index (χ1n) is 7.40. The third kappa shape index (κ3) is 4.59. The summed E-state index contributed by atoms with van der Waals surface area (Å²) in [7, 11) is 0. The van der Waals surface area contributed by atoms with Crippen molar-refractivity contribution in [3.05, 3.63) is 33.8 Å². The Hall–Kier alpha value is -0.380. The van der Waals surface area contributed by atoms with Gasteiger partial charge in [-0.05, 0) is 55.5 Å². The van der Waals surface area contributed by atoms with Crippen LogP contribution in [0.25, 0.3) is 0 Å². The first-order valence-corrected chi connectivity index (χ1v) is 8.20. The predicted molar refractivity (Wildman–Crippen MR) is 83.6 cm³/mol. The molecule has 1 unspecified atom stereocenters. The maximum atomic E-state index is 5.58. The molecule has 1 aliphatic carbocycles. The van der Waals surface area contributed by atoms with Crippen molar-refractivity contribution in [1.29, 1.82) is 0 Å².